The molecule has 2 fully saturated rings. The van der Waals surface area contributed by atoms with E-state index in [-0.39, 0.29) is 11.9 Å². The van der Waals surface area contributed by atoms with Crippen molar-refractivity contribution in [1.82, 2.24) is 10.2 Å². The maximum absolute atomic E-state index is 12.5. The molecule has 0 aliphatic heterocycles. The molecule has 1 aromatic carbocycles. The van der Waals surface area contributed by atoms with Gasteiger partial charge in [0, 0.05) is 13.0 Å². The van der Waals surface area contributed by atoms with Gasteiger partial charge in [0.25, 0.3) is 0 Å². The summed E-state index contributed by atoms with van der Waals surface area (Å²) in [5, 5.41) is 3.27. The fraction of sp³-hybridized carbons (Fsp3) is 0.632. The van der Waals surface area contributed by atoms with Crippen LogP contribution in [0.2, 0.25) is 0 Å². The van der Waals surface area contributed by atoms with E-state index in [4.69, 9.17) is 0 Å². The Morgan fingerprint density at radius 3 is 2.59 bits per heavy atom. The van der Waals surface area contributed by atoms with Gasteiger partial charge in [-0.15, -0.1) is 0 Å². The van der Waals surface area contributed by atoms with Crippen molar-refractivity contribution in [3.05, 3.63) is 35.9 Å². The molecule has 2 aliphatic rings. The zero-order valence-electron chi connectivity index (χ0n) is 13.8. The Hall–Kier alpha value is -1.35. The highest BCUT2D eigenvalue weighted by Gasteiger charge is 2.40. The van der Waals surface area contributed by atoms with E-state index in [2.05, 4.69) is 36.4 Å². The standard InChI is InChI=1S/C19H28N2O/c1-21(2)13-18(15-6-4-3-5-7-15)20-19(22)12-17-11-14-8-9-16(17)10-14/h3-7,14,16-18H,8-13H2,1-2H3,(H,20,22)/t14-,16-,17-,18+/m0/s1. The van der Waals surface area contributed by atoms with Gasteiger partial charge in [-0.3, -0.25) is 4.79 Å². The van der Waals surface area contributed by atoms with Gasteiger partial charge < -0.3 is 10.2 Å². The highest BCUT2D eigenvalue weighted by molar-refractivity contribution is 5.76. The van der Waals surface area contributed by atoms with Crippen LogP contribution in [0.5, 0.6) is 0 Å². The monoisotopic (exact) mass is 300 g/mol. The zero-order valence-corrected chi connectivity index (χ0v) is 13.8. The van der Waals surface area contributed by atoms with Gasteiger partial charge in [0.2, 0.25) is 5.91 Å². The van der Waals surface area contributed by atoms with E-state index in [0.29, 0.717) is 5.92 Å². The number of nitrogens with one attached hydrogen (secondary N) is 1. The molecule has 0 heterocycles. The summed E-state index contributed by atoms with van der Waals surface area (Å²) in [4.78, 5) is 14.6. The second kappa shape index (κ2) is 6.82. The van der Waals surface area contributed by atoms with Crippen molar-refractivity contribution in [2.24, 2.45) is 17.8 Å². The molecule has 2 saturated carbocycles. The number of likely N-dealkylation sites (N-methyl/N-ethyl adjacent to an activating group) is 1. The van der Waals surface area contributed by atoms with Crippen molar-refractivity contribution in [2.45, 2.75) is 38.1 Å². The summed E-state index contributed by atoms with van der Waals surface area (Å²) in [6.45, 7) is 0.840. The lowest BCUT2D eigenvalue weighted by Crippen LogP contribution is -2.36. The van der Waals surface area contributed by atoms with Crippen molar-refractivity contribution in [1.29, 1.82) is 0 Å². The van der Waals surface area contributed by atoms with Crippen LogP contribution >= 0.6 is 0 Å². The average Bonchev–Trinajstić information content (AvgIpc) is 3.09. The van der Waals surface area contributed by atoms with Crippen molar-refractivity contribution in [2.75, 3.05) is 20.6 Å². The summed E-state index contributed by atoms with van der Waals surface area (Å²) in [6.07, 6.45) is 6.12. The third-order valence-electron chi connectivity index (χ3n) is 5.42. The Kier molecular flexibility index (Phi) is 4.82. The number of benzene rings is 1. The number of fused-ring (bicyclic) bond motifs is 2. The molecule has 2 aliphatic carbocycles. The van der Waals surface area contributed by atoms with Crippen LogP contribution in [0.4, 0.5) is 0 Å². The zero-order chi connectivity index (χ0) is 15.5. The summed E-state index contributed by atoms with van der Waals surface area (Å²) in [6, 6.07) is 10.4. The molecule has 22 heavy (non-hydrogen) atoms. The smallest absolute Gasteiger partial charge is 0.220 e. The number of amides is 1. The van der Waals surface area contributed by atoms with Crippen molar-refractivity contribution < 1.29 is 4.79 Å². The predicted octanol–water partition coefficient (Wildman–Crippen LogP) is 3.23. The maximum atomic E-state index is 12.5. The van der Waals surface area contributed by atoms with E-state index in [0.717, 1.165) is 24.8 Å². The number of carbonyl (C=O) groups is 1. The van der Waals surface area contributed by atoms with E-state index < -0.39 is 0 Å². The Labute approximate surface area is 134 Å². The largest absolute Gasteiger partial charge is 0.348 e. The maximum Gasteiger partial charge on any atom is 0.220 e. The van der Waals surface area contributed by atoms with Gasteiger partial charge in [0.15, 0.2) is 0 Å². The summed E-state index contributed by atoms with van der Waals surface area (Å²) >= 11 is 0. The van der Waals surface area contributed by atoms with Crippen LogP contribution in [-0.4, -0.2) is 31.4 Å². The SMILES string of the molecule is CN(C)C[C@@H](NC(=O)C[C@@H]1C[C@H]2CC[C@H]1C2)c1ccccc1. The van der Waals surface area contributed by atoms with Gasteiger partial charge in [-0.2, -0.15) is 0 Å². The van der Waals surface area contributed by atoms with Crippen LogP contribution < -0.4 is 5.32 Å². The van der Waals surface area contributed by atoms with E-state index >= 15 is 0 Å². The third kappa shape index (κ3) is 3.70. The van der Waals surface area contributed by atoms with Crippen molar-refractivity contribution >= 4 is 5.91 Å². The van der Waals surface area contributed by atoms with E-state index in [1.807, 2.05) is 18.2 Å². The van der Waals surface area contributed by atoms with Crippen molar-refractivity contribution in [3.8, 4) is 0 Å². The molecule has 3 rings (SSSR count). The van der Waals surface area contributed by atoms with Gasteiger partial charge in [0.1, 0.15) is 0 Å². The van der Waals surface area contributed by atoms with Crippen LogP contribution in [0.3, 0.4) is 0 Å². The van der Waals surface area contributed by atoms with E-state index in [1.165, 1.54) is 31.2 Å². The predicted molar refractivity (Wildman–Crippen MR) is 89.4 cm³/mol. The molecule has 120 valence electrons. The molecule has 0 aromatic heterocycles. The molecule has 1 N–H and O–H groups in total. The summed E-state index contributed by atoms with van der Waals surface area (Å²) in [5.41, 5.74) is 1.19. The van der Waals surface area contributed by atoms with Gasteiger partial charge >= 0.3 is 0 Å². The first-order valence-electron chi connectivity index (χ1n) is 8.61. The van der Waals surface area contributed by atoms with Crippen LogP contribution in [-0.2, 0) is 4.79 Å². The molecular weight excluding hydrogens is 272 g/mol. The fourth-order valence-electron chi connectivity index (χ4n) is 4.40. The van der Waals surface area contributed by atoms with Crippen LogP contribution in [0.15, 0.2) is 30.3 Å². The highest BCUT2D eigenvalue weighted by atomic mass is 16.1. The lowest BCUT2D eigenvalue weighted by molar-refractivity contribution is -0.123. The Balaban J connectivity index is 1.59. The summed E-state index contributed by atoms with van der Waals surface area (Å²) in [5.74, 6) is 2.59. The second-order valence-electron chi connectivity index (χ2n) is 7.43. The second-order valence-corrected chi connectivity index (χ2v) is 7.43. The van der Waals surface area contributed by atoms with Crippen LogP contribution in [0.25, 0.3) is 0 Å². The quantitative estimate of drug-likeness (QED) is 0.875. The summed E-state index contributed by atoms with van der Waals surface area (Å²) < 4.78 is 0. The minimum absolute atomic E-state index is 0.0855. The fourth-order valence-corrected chi connectivity index (χ4v) is 4.40. The molecule has 0 saturated heterocycles. The van der Waals surface area contributed by atoms with Crippen LogP contribution in [0, 0.1) is 17.8 Å². The molecule has 3 heteroatoms. The minimum atomic E-state index is 0.0855. The number of carbonyl (C=O) groups excluding carboxylic acids is 1. The molecular formula is C19H28N2O. The Morgan fingerprint density at radius 1 is 1.23 bits per heavy atom. The lowest BCUT2D eigenvalue weighted by atomic mass is 9.86. The molecule has 0 spiro atoms. The number of hydrogen-bond donors (Lipinski definition) is 1. The molecule has 4 atom stereocenters. The van der Waals surface area contributed by atoms with E-state index in [1.54, 1.807) is 0 Å². The first-order chi connectivity index (χ1) is 10.6. The molecule has 0 unspecified atom stereocenters. The minimum Gasteiger partial charge on any atom is -0.348 e. The van der Waals surface area contributed by atoms with Crippen molar-refractivity contribution in [3.63, 3.8) is 0 Å². The number of hydrogen-bond acceptors (Lipinski definition) is 2. The third-order valence-corrected chi connectivity index (χ3v) is 5.42. The topological polar surface area (TPSA) is 32.3 Å². The molecule has 2 bridgehead atoms. The first kappa shape index (κ1) is 15.5. The highest BCUT2D eigenvalue weighted by Crippen LogP contribution is 2.49. The van der Waals surface area contributed by atoms with Gasteiger partial charge in [-0.1, -0.05) is 36.8 Å². The molecule has 1 amide bonds. The molecule has 3 nitrogen and oxygen atoms in total. The van der Waals surface area contributed by atoms with Gasteiger partial charge in [-0.25, -0.2) is 0 Å². The average molecular weight is 300 g/mol. The lowest BCUT2D eigenvalue weighted by Gasteiger charge is -2.25. The Morgan fingerprint density at radius 2 is 2.00 bits per heavy atom. The number of rotatable bonds is 6. The van der Waals surface area contributed by atoms with Gasteiger partial charge in [0.05, 0.1) is 6.04 Å². The first-order valence-corrected chi connectivity index (χ1v) is 8.61. The van der Waals surface area contributed by atoms with E-state index in [9.17, 15) is 4.79 Å². The summed E-state index contributed by atoms with van der Waals surface area (Å²) in [7, 11) is 4.11. The molecule has 1 aromatic rings. The normalized spacial score (nSPS) is 28.0. The number of nitrogens with zero attached hydrogens (tertiary/aromatic N) is 1. The van der Waals surface area contributed by atoms with Gasteiger partial charge in [-0.05, 0) is 56.7 Å². The molecule has 0 radical (unpaired) electrons. The Bertz CT molecular complexity index is 499. The van der Waals surface area contributed by atoms with Crippen LogP contribution in [0.1, 0.15) is 43.7 Å².